The molecule has 2 aromatic rings. The third-order valence-electron chi connectivity index (χ3n) is 5.22. The Morgan fingerprint density at radius 1 is 1.33 bits per heavy atom. The van der Waals surface area contributed by atoms with Gasteiger partial charge in [-0.3, -0.25) is 9.36 Å². The van der Waals surface area contributed by atoms with Crippen LogP contribution in [0, 0.1) is 5.92 Å². The highest BCUT2D eigenvalue weighted by atomic mass is 16.2. The van der Waals surface area contributed by atoms with Gasteiger partial charge in [-0.1, -0.05) is 12.8 Å². The highest BCUT2D eigenvalue weighted by Gasteiger charge is 2.37. The number of hydrogen-bond donors (Lipinski definition) is 2. The average molecular weight is 325 g/mol. The Hall–Kier alpha value is -2.21. The topological polar surface area (TPSA) is 71.8 Å². The number of aromatic nitrogens is 3. The molecule has 3 atom stereocenters. The van der Waals surface area contributed by atoms with E-state index in [1.807, 2.05) is 22.9 Å². The summed E-state index contributed by atoms with van der Waals surface area (Å²) in [6, 6.07) is 4.42. The molecule has 6 heteroatoms. The van der Waals surface area contributed by atoms with Crippen LogP contribution in [0.5, 0.6) is 0 Å². The van der Waals surface area contributed by atoms with E-state index in [-0.39, 0.29) is 11.9 Å². The molecule has 3 unspecified atom stereocenters. The average Bonchev–Trinajstić information content (AvgIpc) is 3.29. The molecule has 0 spiro atoms. The largest absolute Gasteiger partial charge is 0.351 e. The fourth-order valence-corrected chi connectivity index (χ4v) is 3.94. The summed E-state index contributed by atoms with van der Waals surface area (Å²) >= 11 is 0. The lowest BCUT2D eigenvalue weighted by Gasteiger charge is -2.24. The zero-order chi connectivity index (χ0) is 16.4. The normalized spacial score (nSPS) is 26.1. The van der Waals surface area contributed by atoms with Crippen LogP contribution in [0.15, 0.2) is 37.1 Å². The molecule has 3 heterocycles. The van der Waals surface area contributed by atoms with E-state index < -0.39 is 0 Å². The zero-order valence-corrected chi connectivity index (χ0v) is 13.7. The molecular formula is C18H23N5O. The van der Waals surface area contributed by atoms with Gasteiger partial charge in [0.25, 0.3) is 0 Å². The van der Waals surface area contributed by atoms with E-state index in [1.165, 1.54) is 25.7 Å². The number of carbonyl (C=O) groups is 1. The van der Waals surface area contributed by atoms with Gasteiger partial charge in [0.15, 0.2) is 0 Å². The fraction of sp³-hybridized carbons (Fsp3) is 0.500. The minimum absolute atomic E-state index is 0.0342. The molecule has 1 aliphatic carbocycles. The standard InChI is InChI=1S/C18H23N5O/c24-18(16-10-14-3-1-2-4-15(14)22-16)21-11-13-5-6-20-17(9-13)23-8-7-19-12-23/h5-9,12,14-16,22H,1-4,10-11H2,(H,21,24). The van der Waals surface area contributed by atoms with Gasteiger partial charge in [0.05, 0.1) is 6.04 Å². The second-order valence-corrected chi connectivity index (χ2v) is 6.82. The number of nitrogens with one attached hydrogen (secondary N) is 2. The molecule has 0 aromatic carbocycles. The first kappa shape index (κ1) is 15.3. The van der Waals surface area contributed by atoms with Gasteiger partial charge in [0.2, 0.25) is 5.91 Å². The Bertz CT molecular complexity index is 685. The van der Waals surface area contributed by atoms with Crippen LogP contribution in [0.1, 0.15) is 37.7 Å². The predicted molar refractivity (Wildman–Crippen MR) is 90.5 cm³/mol. The quantitative estimate of drug-likeness (QED) is 0.899. The van der Waals surface area contributed by atoms with Crippen LogP contribution in [0.4, 0.5) is 0 Å². The van der Waals surface area contributed by atoms with Crippen molar-refractivity contribution in [2.24, 2.45) is 5.92 Å². The minimum Gasteiger partial charge on any atom is -0.351 e. The van der Waals surface area contributed by atoms with Crippen molar-refractivity contribution in [1.82, 2.24) is 25.2 Å². The SMILES string of the molecule is O=C(NCc1ccnc(-n2ccnc2)c1)C1CC2CCCCC2N1. The second kappa shape index (κ2) is 6.73. The van der Waals surface area contributed by atoms with E-state index in [2.05, 4.69) is 20.6 Å². The lowest BCUT2D eigenvalue weighted by Crippen LogP contribution is -2.42. The number of carbonyl (C=O) groups excluding carboxylic acids is 1. The second-order valence-electron chi connectivity index (χ2n) is 6.82. The summed E-state index contributed by atoms with van der Waals surface area (Å²) in [5, 5.41) is 6.59. The summed E-state index contributed by atoms with van der Waals surface area (Å²) in [6.45, 7) is 0.524. The third-order valence-corrected chi connectivity index (χ3v) is 5.22. The van der Waals surface area contributed by atoms with E-state index in [0.717, 1.165) is 17.8 Å². The Kier molecular flexibility index (Phi) is 4.30. The summed E-state index contributed by atoms with van der Waals surface area (Å²) in [7, 11) is 0. The first-order chi connectivity index (χ1) is 11.8. The predicted octanol–water partition coefficient (Wildman–Crippen LogP) is 1.80. The van der Waals surface area contributed by atoms with Crippen LogP contribution in [-0.4, -0.2) is 32.5 Å². The maximum atomic E-state index is 12.5. The maximum Gasteiger partial charge on any atom is 0.237 e. The van der Waals surface area contributed by atoms with Crippen LogP contribution in [0.3, 0.4) is 0 Å². The first-order valence-corrected chi connectivity index (χ1v) is 8.76. The lowest BCUT2D eigenvalue weighted by molar-refractivity contribution is -0.123. The van der Waals surface area contributed by atoms with Gasteiger partial charge in [0, 0.05) is 31.2 Å². The van der Waals surface area contributed by atoms with Crippen LogP contribution < -0.4 is 10.6 Å². The summed E-state index contributed by atoms with van der Waals surface area (Å²) in [5.74, 6) is 1.61. The van der Waals surface area contributed by atoms with Gasteiger partial charge < -0.3 is 10.6 Å². The van der Waals surface area contributed by atoms with Gasteiger partial charge in [-0.05, 0) is 42.9 Å². The summed E-state index contributed by atoms with van der Waals surface area (Å²) in [4.78, 5) is 20.8. The van der Waals surface area contributed by atoms with Crippen molar-refractivity contribution in [3.63, 3.8) is 0 Å². The molecule has 2 fully saturated rings. The molecule has 0 bridgehead atoms. The van der Waals surface area contributed by atoms with Crippen LogP contribution in [0.25, 0.3) is 5.82 Å². The number of hydrogen-bond acceptors (Lipinski definition) is 4. The number of imidazole rings is 1. The molecule has 1 aliphatic heterocycles. The molecule has 4 rings (SSSR count). The number of fused-ring (bicyclic) bond motifs is 1. The monoisotopic (exact) mass is 325 g/mol. The van der Waals surface area contributed by atoms with E-state index in [1.54, 1.807) is 18.7 Å². The Morgan fingerprint density at radius 2 is 2.25 bits per heavy atom. The smallest absolute Gasteiger partial charge is 0.237 e. The molecule has 126 valence electrons. The molecular weight excluding hydrogens is 302 g/mol. The van der Waals surface area contributed by atoms with Crippen molar-refractivity contribution in [2.75, 3.05) is 0 Å². The van der Waals surface area contributed by atoms with Crippen molar-refractivity contribution in [2.45, 2.75) is 50.7 Å². The van der Waals surface area contributed by atoms with Gasteiger partial charge in [-0.25, -0.2) is 9.97 Å². The van der Waals surface area contributed by atoms with Gasteiger partial charge in [-0.15, -0.1) is 0 Å². The van der Waals surface area contributed by atoms with E-state index in [4.69, 9.17) is 0 Å². The highest BCUT2D eigenvalue weighted by molar-refractivity contribution is 5.82. The Labute approximate surface area is 141 Å². The van der Waals surface area contributed by atoms with E-state index in [0.29, 0.717) is 18.5 Å². The number of pyridine rings is 1. The molecule has 1 saturated heterocycles. The highest BCUT2D eigenvalue weighted by Crippen LogP contribution is 2.33. The molecule has 2 aliphatic rings. The van der Waals surface area contributed by atoms with E-state index >= 15 is 0 Å². The van der Waals surface area contributed by atoms with Crippen molar-refractivity contribution >= 4 is 5.91 Å². The number of rotatable bonds is 4. The number of nitrogens with zero attached hydrogens (tertiary/aromatic N) is 3. The first-order valence-electron chi connectivity index (χ1n) is 8.76. The van der Waals surface area contributed by atoms with Crippen molar-refractivity contribution in [3.05, 3.63) is 42.6 Å². The van der Waals surface area contributed by atoms with Crippen molar-refractivity contribution < 1.29 is 4.79 Å². The molecule has 6 nitrogen and oxygen atoms in total. The third kappa shape index (κ3) is 3.19. The maximum absolute atomic E-state index is 12.5. The van der Waals surface area contributed by atoms with Gasteiger partial charge in [-0.2, -0.15) is 0 Å². The minimum atomic E-state index is -0.0342. The molecule has 0 radical (unpaired) electrons. The Morgan fingerprint density at radius 3 is 3.08 bits per heavy atom. The van der Waals surface area contributed by atoms with Gasteiger partial charge in [0.1, 0.15) is 12.1 Å². The summed E-state index contributed by atoms with van der Waals surface area (Å²) in [5.41, 5.74) is 1.04. The van der Waals surface area contributed by atoms with E-state index in [9.17, 15) is 4.79 Å². The van der Waals surface area contributed by atoms with Crippen molar-refractivity contribution in [3.8, 4) is 5.82 Å². The van der Waals surface area contributed by atoms with Gasteiger partial charge >= 0.3 is 0 Å². The molecule has 2 N–H and O–H groups in total. The lowest BCUT2D eigenvalue weighted by atomic mass is 9.85. The molecule has 2 aromatic heterocycles. The summed E-state index contributed by atoms with van der Waals surface area (Å²) < 4.78 is 1.86. The molecule has 24 heavy (non-hydrogen) atoms. The van der Waals surface area contributed by atoms with Crippen LogP contribution >= 0.6 is 0 Å². The molecule has 1 amide bonds. The van der Waals surface area contributed by atoms with Crippen LogP contribution in [-0.2, 0) is 11.3 Å². The summed E-state index contributed by atoms with van der Waals surface area (Å²) in [6.07, 6.45) is 13.1. The van der Waals surface area contributed by atoms with Crippen molar-refractivity contribution in [1.29, 1.82) is 0 Å². The Balaban J connectivity index is 1.35. The number of amides is 1. The fourth-order valence-electron chi connectivity index (χ4n) is 3.94. The molecule has 1 saturated carbocycles. The zero-order valence-electron chi connectivity index (χ0n) is 13.7. The van der Waals surface area contributed by atoms with Crippen LogP contribution in [0.2, 0.25) is 0 Å².